The van der Waals surface area contributed by atoms with Crippen LogP contribution in [0, 0.1) is 0 Å². The maximum absolute atomic E-state index is 4.69. The van der Waals surface area contributed by atoms with Crippen LogP contribution in [0.3, 0.4) is 0 Å². The van der Waals surface area contributed by atoms with Gasteiger partial charge in [-0.05, 0) is 31.9 Å². The van der Waals surface area contributed by atoms with Gasteiger partial charge in [0, 0.05) is 6.04 Å². The summed E-state index contributed by atoms with van der Waals surface area (Å²) in [7, 11) is 0. The molecule has 0 fully saturated rings. The van der Waals surface area contributed by atoms with Crippen molar-refractivity contribution in [1.82, 2.24) is 10.3 Å². The lowest BCUT2D eigenvalue weighted by Crippen LogP contribution is -2.29. The maximum Gasteiger partial charge on any atom is 0.111 e. The second-order valence-corrected chi connectivity index (χ2v) is 5.61. The number of rotatable bonds is 3. The van der Waals surface area contributed by atoms with Gasteiger partial charge in [-0.3, -0.25) is 0 Å². The van der Waals surface area contributed by atoms with Crippen LogP contribution in [0.1, 0.15) is 30.8 Å². The van der Waals surface area contributed by atoms with Crippen LogP contribution < -0.4 is 5.32 Å². The average Bonchev–Trinajstić information content (AvgIpc) is 2.96. The Morgan fingerprint density at radius 2 is 2.06 bits per heavy atom. The molecule has 3 rings (SSSR count). The van der Waals surface area contributed by atoms with E-state index in [1.807, 2.05) is 6.07 Å². The zero-order chi connectivity index (χ0) is 11.7. The first-order chi connectivity index (χ1) is 8.33. The van der Waals surface area contributed by atoms with Gasteiger partial charge in [0.25, 0.3) is 0 Å². The third kappa shape index (κ3) is 2.26. The average molecular weight is 244 g/mol. The number of nitrogens with zero attached hydrogens (tertiary/aromatic N) is 1. The molecule has 3 heteroatoms. The van der Waals surface area contributed by atoms with E-state index < -0.39 is 0 Å². The Morgan fingerprint density at radius 1 is 1.29 bits per heavy atom. The van der Waals surface area contributed by atoms with E-state index >= 15 is 0 Å². The monoisotopic (exact) mass is 244 g/mol. The first kappa shape index (κ1) is 10.9. The molecule has 0 bridgehead atoms. The van der Waals surface area contributed by atoms with Gasteiger partial charge in [-0.1, -0.05) is 24.3 Å². The van der Waals surface area contributed by atoms with Gasteiger partial charge in [-0.15, -0.1) is 11.3 Å². The van der Waals surface area contributed by atoms with Crippen LogP contribution in [0.25, 0.3) is 10.2 Å². The highest BCUT2D eigenvalue weighted by Gasteiger charge is 2.16. The minimum Gasteiger partial charge on any atom is -0.305 e. The Kier molecular flexibility index (Phi) is 2.95. The highest BCUT2D eigenvalue weighted by Crippen LogP contribution is 2.27. The molecule has 1 aliphatic carbocycles. The molecule has 2 aromatic rings. The molecule has 1 unspecified atom stereocenters. The zero-order valence-corrected chi connectivity index (χ0v) is 10.7. The first-order valence-corrected chi connectivity index (χ1v) is 6.91. The third-order valence-corrected chi connectivity index (χ3v) is 4.39. The lowest BCUT2D eigenvalue weighted by atomic mass is 10.2. The molecule has 0 aliphatic heterocycles. The molecule has 1 atom stereocenters. The standard InChI is InChI=1S/C14H16N2S/c1-10(15-11-6-2-3-7-11)14-16-12-8-4-5-9-13(12)17-14/h2-5,8-11,15H,6-7H2,1H3. The number of hydrogen-bond acceptors (Lipinski definition) is 3. The van der Waals surface area contributed by atoms with Gasteiger partial charge < -0.3 is 5.32 Å². The highest BCUT2D eigenvalue weighted by molar-refractivity contribution is 7.18. The van der Waals surface area contributed by atoms with Gasteiger partial charge in [0.2, 0.25) is 0 Å². The number of hydrogen-bond donors (Lipinski definition) is 1. The minimum absolute atomic E-state index is 0.345. The Labute approximate surface area is 105 Å². The smallest absolute Gasteiger partial charge is 0.111 e. The maximum atomic E-state index is 4.69. The van der Waals surface area contributed by atoms with Crippen molar-refractivity contribution >= 4 is 21.6 Å². The minimum atomic E-state index is 0.345. The Bertz CT molecular complexity index is 503. The molecule has 2 nitrogen and oxygen atoms in total. The highest BCUT2D eigenvalue weighted by atomic mass is 32.1. The van der Waals surface area contributed by atoms with E-state index in [4.69, 9.17) is 4.98 Å². The van der Waals surface area contributed by atoms with E-state index in [0.29, 0.717) is 12.1 Å². The second-order valence-electron chi connectivity index (χ2n) is 4.55. The van der Waals surface area contributed by atoms with Gasteiger partial charge in [0.1, 0.15) is 5.01 Å². The fraction of sp³-hybridized carbons (Fsp3) is 0.357. The molecular formula is C14H16N2S. The lowest BCUT2D eigenvalue weighted by molar-refractivity contribution is 0.470. The van der Waals surface area contributed by atoms with Crippen LogP contribution in [0.5, 0.6) is 0 Å². The molecule has 1 aromatic heterocycles. The van der Waals surface area contributed by atoms with Crippen molar-refractivity contribution in [3.8, 4) is 0 Å². The van der Waals surface area contributed by atoms with Crippen molar-refractivity contribution < 1.29 is 0 Å². The molecule has 0 saturated carbocycles. The van der Waals surface area contributed by atoms with Crippen molar-refractivity contribution in [3.05, 3.63) is 41.4 Å². The molecule has 1 N–H and O–H groups in total. The summed E-state index contributed by atoms with van der Waals surface area (Å²) < 4.78 is 1.28. The summed E-state index contributed by atoms with van der Waals surface area (Å²) in [5.74, 6) is 0. The van der Waals surface area contributed by atoms with Crippen molar-refractivity contribution in [2.45, 2.75) is 31.8 Å². The number of fused-ring (bicyclic) bond motifs is 1. The number of benzene rings is 1. The summed E-state index contributed by atoms with van der Waals surface area (Å²) >= 11 is 1.79. The van der Waals surface area contributed by atoms with E-state index in [1.54, 1.807) is 11.3 Å². The van der Waals surface area contributed by atoms with Gasteiger partial charge in [-0.2, -0.15) is 0 Å². The van der Waals surface area contributed by atoms with Crippen LogP contribution >= 0.6 is 11.3 Å². The Morgan fingerprint density at radius 3 is 2.82 bits per heavy atom. The topological polar surface area (TPSA) is 24.9 Å². The molecule has 0 radical (unpaired) electrons. The molecule has 0 amide bonds. The molecule has 0 spiro atoms. The fourth-order valence-electron chi connectivity index (χ4n) is 2.25. The van der Waals surface area contributed by atoms with Crippen LogP contribution in [0.2, 0.25) is 0 Å². The summed E-state index contributed by atoms with van der Waals surface area (Å²) in [5, 5.41) is 4.83. The summed E-state index contributed by atoms with van der Waals surface area (Å²) in [6.45, 7) is 2.20. The van der Waals surface area contributed by atoms with E-state index in [0.717, 1.165) is 18.4 Å². The Hall–Kier alpha value is -1.19. The molecule has 17 heavy (non-hydrogen) atoms. The van der Waals surface area contributed by atoms with Crippen molar-refractivity contribution in [2.24, 2.45) is 0 Å². The molecule has 1 aliphatic rings. The van der Waals surface area contributed by atoms with Gasteiger partial charge >= 0.3 is 0 Å². The summed E-state index contributed by atoms with van der Waals surface area (Å²) in [4.78, 5) is 4.69. The fourth-order valence-corrected chi connectivity index (χ4v) is 3.23. The molecular weight excluding hydrogens is 228 g/mol. The predicted octanol–water partition coefficient (Wildman–Crippen LogP) is 3.67. The Balaban J connectivity index is 1.78. The largest absolute Gasteiger partial charge is 0.305 e. The van der Waals surface area contributed by atoms with Crippen LogP contribution in [-0.4, -0.2) is 11.0 Å². The van der Waals surface area contributed by atoms with Crippen LogP contribution in [0.4, 0.5) is 0 Å². The van der Waals surface area contributed by atoms with E-state index in [-0.39, 0.29) is 0 Å². The van der Waals surface area contributed by atoms with Gasteiger partial charge in [-0.25, -0.2) is 4.98 Å². The van der Waals surface area contributed by atoms with Gasteiger partial charge in [0.15, 0.2) is 0 Å². The van der Waals surface area contributed by atoms with Crippen molar-refractivity contribution in [3.63, 3.8) is 0 Å². The first-order valence-electron chi connectivity index (χ1n) is 6.09. The van der Waals surface area contributed by atoms with E-state index in [2.05, 4.69) is 42.6 Å². The van der Waals surface area contributed by atoms with Crippen molar-refractivity contribution in [2.75, 3.05) is 0 Å². The lowest BCUT2D eigenvalue weighted by Gasteiger charge is -2.16. The zero-order valence-electron chi connectivity index (χ0n) is 9.89. The predicted molar refractivity (Wildman–Crippen MR) is 73.3 cm³/mol. The molecule has 88 valence electrons. The number of aromatic nitrogens is 1. The normalized spacial score (nSPS) is 17.9. The quantitative estimate of drug-likeness (QED) is 0.833. The third-order valence-electron chi connectivity index (χ3n) is 3.17. The SMILES string of the molecule is CC(NC1CC=CC1)c1nc2ccccc2s1. The molecule has 0 saturated heterocycles. The number of para-hydroxylation sites is 1. The van der Waals surface area contributed by atoms with Gasteiger partial charge in [0.05, 0.1) is 16.3 Å². The van der Waals surface area contributed by atoms with Crippen LogP contribution in [0.15, 0.2) is 36.4 Å². The number of thiazole rings is 1. The number of nitrogens with one attached hydrogen (secondary N) is 1. The summed E-state index contributed by atoms with van der Waals surface area (Å²) in [5.41, 5.74) is 1.12. The van der Waals surface area contributed by atoms with E-state index in [1.165, 1.54) is 9.71 Å². The summed E-state index contributed by atoms with van der Waals surface area (Å²) in [6, 6.07) is 9.28. The molecule has 1 aromatic carbocycles. The second kappa shape index (κ2) is 4.59. The van der Waals surface area contributed by atoms with Crippen molar-refractivity contribution in [1.29, 1.82) is 0 Å². The molecule has 1 heterocycles. The van der Waals surface area contributed by atoms with E-state index in [9.17, 15) is 0 Å². The summed E-state index contributed by atoms with van der Waals surface area (Å²) in [6.07, 6.45) is 6.80. The van der Waals surface area contributed by atoms with Crippen LogP contribution in [-0.2, 0) is 0 Å².